The lowest BCUT2D eigenvalue weighted by atomic mass is 10.2. The zero-order chi connectivity index (χ0) is 11.3. The Morgan fingerprint density at radius 1 is 1.67 bits per heavy atom. The molecule has 0 spiro atoms. The smallest absolute Gasteiger partial charge is 0.327 e. The van der Waals surface area contributed by atoms with Gasteiger partial charge in [0.15, 0.2) is 0 Å². The second-order valence-corrected chi connectivity index (χ2v) is 3.22. The van der Waals surface area contributed by atoms with Crippen LogP contribution in [0, 0.1) is 0 Å². The number of hydrogen-bond acceptors (Lipinski definition) is 3. The van der Waals surface area contributed by atoms with E-state index in [1.807, 2.05) is 6.92 Å². The summed E-state index contributed by atoms with van der Waals surface area (Å²) in [4.78, 5) is 15.7. The maximum Gasteiger partial charge on any atom is 0.327 e. The van der Waals surface area contributed by atoms with Gasteiger partial charge in [-0.3, -0.25) is 9.69 Å². The number of aliphatic hydroxyl groups excluding tert-OH is 1. The van der Waals surface area contributed by atoms with E-state index in [0.717, 1.165) is 0 Å². The van der Waals surface area contributed by atoms with Gasteiger partial charge in [0, 0.05) is 18.4 Å². The van der Waals surface area contributed by atoms with Gasteiger partial charge < -0.3 is 15.2 Å². The largest absolute Gasteiger partial charge is 0.480 e. The maximum atomic E-state index is 11.1. The molecule has 84 valence electrons. The van der Waals surface area contributed by atoms with E-state index in [0.29, 0.717) is 18.8 Å². The molecule has 1 rings (SSSR count). The number of aliphatic carboxylic acids is 1. The third-order valence-corrected chi connectivity index (χ3v) is 2.31. The minimum atomic E-state index is -0.909. The molecule has 3 N–H and O–H groups in total. The number of carbonyl (C=O) groups is 1. The lowest BCUT2D eigenvalue weighted by Gasteiger charge is -2.25. The molecule has 0 bridgehead atoms. The Morgan fingerprint density at radius 3 is 2.80 bits per heavy atom. The molecule has 5 heteroatoms. The summed E-state index contributed by atoms with van der Waals surface area (Å²) in [7, 11) is 0. The molecular weight excluding hydrogens is 196 g/mol. The van der Waals surface area contributed by atoms with Gasteiger partial charge in [0.25, 0.3) is 0 Å². The molecule has 0 aromatic carbocycles. The Balaban J connectivity index is 2.86. The van der Waals surface area contributed by atoms with E-state index >= 15 is 0 Å². The van der Waals surface area contributed by atoms with Gasteiger partial charge >= 0.3 is 5.97 Å². The number of nitrogens with one attached hydrogen (secondary N) is 1. The summed E-state index contributed by atoms with van der Waals surface area (Å²) in [6.07, 6.45) is 1.69. The lowest BCUT2D eigenvalue weighted by molar-refractivity contribution is -0.143. The number of nitrogens with zero attached hydrogens (tertiary/aromatic N) is 1. The van der Waals surface area contributed by atoms with E-state index in [2.05, 4.69) is 4.98 Å². The average molecular weight is 212 g/mol. The highest BCUT2D eigenvalue weighted by atomic mass is 16.4. The van der Waals surface area contributed by atoms with Crippen LogP contribution >= 0.6 is 0 Å². The van der Waals surface area contributed by atoms with Gasteiger partial charge in [0.1, 0.15) is 6.04 Å². The highest BCUT2D eigenvalue weighted by Gasteiger charge is 2.26. The number of H-pyrrole nitrogens is 1. The molecule has 0 fully saturated rings. The van der Waals surface area contributed by atoms with Crippen LogP contribution in [0.25, 0.3) is 0 Å². The molecule has 0 aliphatic heterocycles. The molecule has 0 aliphatic carbocycles. The summed E-state index contributed by atoms with van der Waals surface area (Å²) in [5.41, 5.74) is 0.637. The van der Waals surface area contributed by atoms with Crippen molar-refractivity contribution in [1.29, 1.82) is 0 Å². The van der Waals surface area contributed by atoms with Crippen molar-refractivity contribution in [3.8, 4) is 0 Å². The Kier molecular flexibility index (Phi) is 4.33. The predicted molar refractivity (Wildman–Crippen MR) is 55.5 cm³/mol. The summed E-state index contributed by atoms with van der Waals surface area (Å²) in [6.45, 7) is 2.76. The number of aromatic nitrogens is 1. The molecule has 1 unspecified atom stereocenters. The molecule has 1 heterocycles. The van der Waals surface area contributed by atoms with E-state index in [9.17, 15) is 4.79 Å². The van der Waals surface area contributed by atoms with Crippen LogP contribution in [-0.4, -0.2) is 45.8 Å². The second kappa shape index (κ2) is 5.53. The fourth-order valence-corrected chi connectivity index (χ4v) is 1.60. The quantitative estimate of drug-likeness (QED) is 0.640. The topological polar surface area (TPSA) is 76.6 Å². The number of likely N-dealkylation sites (N-methyl/N-ethyl adjacent to an activating group) is 1. The molecule has 15 heavy (non-hydrogen) atoms. The molecule has 1 aromatic heterocycles. The van der Waals surface area contributed by atoms with Gasteiger partial charge in [0.2, 0.25) is 0 Å². The summed E-state index contributed by atoms with van der Waals surface area (Å²) < 4.78 is 0. The van der Waals surface area contributed by atoms with Gasteiger partial charge in [-0.25, -0.2) is 0 Å². The molecule has 0 amide bonds. The van der Waals surface area contributed by atoms with Crippen molar-refractivity contribution in [2.45, 2.75) is 13.0 Å². The zero-order valence-corrected chi connectivity index (χ0v) is 8.68. The van der Waals surface area contributed by atoms with Crippen LogP contribution in [-0.2, 0) is 4.79 Å². The SMILES string of the molecule is CCN(CCO)C(C(=O)O)c1ccc[nH]1. The first-order valence-corrected chi connectivity index (χ1v) is 4.91. The van der Waals surface area contributed by atoms with Crippen molar-refractivity contribution in [3.05, 3.63) is 24.0 Å². The second-order valence-electron chi connectivity index (χ2n) is 3.22. The minimum absolute atomic E-state index is 0.0433. The molecule has 0 radical (unpaired) electrons. The summed E-state index contributed by atoms with van der Waals surface area (Å²) in [5.74, 6) is -0.909. The molecule has 1 aromatic rings. The van der Waals surface area contributed by atoms with Crippen molar-refractivity contribution < 1.29 is 15.0 Å². The maximum absolute atomic E-state index is 11.1. The number of aliphatic hydroxyl groups is 1. The van der Waals surface area contributed by atoms with Gasteiger partial charge in [-0.2, -0.15) is 0 Å². The molecule has 0 saturated carbocycles. The van der Waals surface area contributed by atoms with Crippen LogP contribution in [0.3, 0.4) is 0 Å². The van der Waals surface area contributed by atoms with Gasteiger partial charge in [-0.15, -0.1) is 0 Å². The predicted octanol–water partition coefficient (Wildman–Crippen LogP) is 0.455. The van der Waals surface area contributed by atoms with Gasteiger partial charge in [-0.1, -0.05) is 6.92 Å². The van der Waals surface area contributed by atoms with Crippen molar-refractivity contribution >= 4 is 5.97 Å². The Labute approximate surface area is 88.3 Å². The lowest BCUT2D eigenvalue weighted by Crippen LogP contribution is -2.36. The average Bonchev–Trinajstić information content (AvgIpc) is 2.69. The van der Waals surface area contributed by atoms with Crippen LogP contribution in [0.1, 0.15) is 18.7 Å². The summed E-state index contributed by atoms with van der Waals surface area (Å²) in [5, 5.41) is 18.0. The Hall–Kier alpha value is -1.33. The molecular formula is C10H16N2O3. The first-order chi connectivity index (χ1) is 7.20. The van der Waals surface area contributed by atoms with E-state index in [-0.39, 0.29) is 6.61 Å². The monoisotopic (exact) mass is 212 g/mol. The number of carboxylic acid groups (broad SMARTS) is 1. The van der Waals surface area contributed by atoms with E-state index < -0.39 is 12.0 Å². The third kappa shape index (κ3) is 2.81. The fraction of sp³-hybridized carbons (Fsp3) is 0.500. The summed E-state index contributed by atoms with van der Waals surface area (Å²) in [6, 6.07) is 2.79. The van der Waals surface area contributed by atoms with Crippen LogP contribution < -0.4 is 0 Å². The van der Waals surface area contributed by atoms with Crippen molar-refractivity contribution in [1.82, 2.24) is 9.88 Å². The highest BCUT2D eigenvalue weighted by molar-refractivity contribution is 5.74. The van der Waals surface area contributed by atoms with E-state index in [1.54, 1.807) is 23.2 Å². The number of carboxylic acids is 1. The van der Waals surface area contributed by atoms with Crippen molar-refractivity contribution in [2.24, 2.45) is 0 Å². The summed E-state index contributed by atoms with van der Waals surface area (Å²) >= 11 is 0. The third-order valence-electron chi connectivity index (χ3n) is 2.31. The number of aromatic amines is 1. The Bertz CT molecular complexity index is 298. The fourth-order valence-electron chi connectivity index (χ4n) is 1.60. The van der Waals surface area contributed by atoms with E-state index in [1.165, 1.54) is 0 Å². The first kappa shape index (κ1) is 11.7. The highest BCUT2D eigenvalue weighted by Crippen LogP contribution is 2.18. The van der Waals surface area contributed by atoms with Gasteiger partial charge in [0.05, 0.1) is 6.61 Å². The van der Waals surface area contributed by atoms with Gasteiger partial charge in [-0.05, 0) is 18.7 Å². The van der Waals surface area contributed by atoms with Crippen molar-refractivity contribution in [3.63, 3.8) is 0 Å². The van der Waals surface area contributed by atoms with Crippen molar-refractivity contribution in [2.75, 3.05) is 19.7 Å². The standard InChI is InChI=1S/C10H16N2O3/c1-2-12(6-7-13)9(10(14)15)8-4-3-5-11-8/h3-5,9,11,13H,2,6-7H2,1H3,(H,14,15). The van der Waals surface area contributed by atoms with E-state index in [4.69, 9.17) is 10.2 Å². The molecule has 5 nitrogen and oxygen atoms in total. The molecule has 0 saturated heterocycles. The first-order valence-electron chi connectivity index (χ1n) is 4.91. The van der Waals surface area contributed by atoms with Crippen LogP contribution in [0.15, 0.2) is 18.3 Å². The Morgan fingerprint density at radius 2 is 2.40 bits per heavy atom. The van der Waals surface area contributed by atoms with Crippen LogP contribution in [0.4, 0.5) is 0 Å². The van der Waals surface area contributed by atoms with Crippen LogP contribution in [0.2, 0.25) is 0 Å². The van der Waals surface area contributed by atoms with Crippen LogP contribution in [0.5, 0.6) is 0 Å². The minimum Gasteiger partial charge on any atom is -0.480 e. The molecule has 0 aliphatic rings. The number of rotatable bonds is 6. The zero-order valence-electron chi connectivity index (χ0n) is 8.68. The number of hydrogen-bond donors (Lipinski definition) is 3. The normalized spacial score (nSPS) is 13.0. The molecule has 1 atom stereocenters.